The Labute approximate surface area is 195 Å². The third-order valence-corrected chi connectivity index (χ3v) is 6.87. The van der Waals surface area contributed by atoms with Gasteiger partial charge in [-0.2, -0.15) is 0 Å². The molecular formula is C25H31ClN4O2. The average molecular weight is 455 g/mol. The minimum Gasteiger partial charge on any atom is -0.354 e. The first-order valence-corrected chi connectivity index (χ1v) is 11.1. The lowest BCUT2D eigenvalue weighted by molar-refractivity contribution is -0.119. The molecule has 32 heavy (non-hydrogen) atoms. The number of hydrogen-bond donors (Lipinski definition) is 0. The zero-order valence-corrected chi connectivity index (χ0v) is 19.8. The monoisotopic (exact) mass is 454 g/mol. The summed E-state index contributed by atoms with van der Waals surface area (Å²) in [7, 11) is 1.88. The summed E-state index contributed by atoms with van der Waals surface area (Å²) in [5.41, 5.74) is 4.43. The molecule has 1 aromatic heterocycles. The van der Waals surface area contributed by atoms with Crippen LogP contribution < -0.4 is 9.80 Å². The first-order valence-electron chi connectivity index (χ1n) is 11.1. The van der Waals surface area contributed by atoms with Crippen LogP contribution in [0.15, 0.2) is 47.0 Å². The Balaban J connectivity index is 0.00000245. The largest absolute Gasteiger partial charge is 0.354 e. The predicted molar refractivity (Wildman–Crippen MR) is 131 cm³/mol. The molecule has 170 valence electrons. The Kier molecular flexibility index (Phi) is 6.19. The molecular weight excluding hydrogens is 424 g/mol. The Morgan fingerprint density at radius 2 is 1.81 bits per heavy atom. The van der Waals surface area contributed by atoms with E-state index >= 15 is 0 Å². The number of aromatic nitrogens is 1. The van der Waals surface area contributed by atoms with Gasteiger partial charge in [-0.05, 0) is 35.7 Å². The number of amides is 1. The lowest BCUT2D eigenvalue weighted by Gasteiger charge is -2.37. The second-order valence-electron chi connectivity index (χ2n) is 9.45. The highest BCUT2D eigenvalue weighted by molar-refractivity contribution is 5.97. The van der Waals surface area contributed by atoms with Crippen molar-refractivity contribution in [1.29, 1.82) is 0 Å². The molecule has 0 spiro atoms. The number of benzene rings is 2. The van der Waals surface area contributed by atoms with Crippen LogP contribution in [0.4, 0.5) is 11.5 Å². The number of para-hydroxylation sites is 1. The van der Waals surface area contributed by atoms with Crippen molar-refractivity contribution in [1.82, 2.24) is 10.1 Å². The maximum atomic E-state index is 12.3. The number of fused-ring (bicyclic) bond motifs is 2. The molecule has 6 nitrogen and oxygen atoms in total. The van der Waals surface area contributed by atoms with Crippen LogP contribution in [0, 0.1) is 0 Å². The molecule has 2 aliphatic heterocycles. The summed E-state index contributed by atoms with van der Waals surface area (Å²) in [6, 6.07) is 14.7. The third kappa shape index (κ3) is 4.09. The molecule has 2 aliphatic rings. The normalized spacial score (nSPS) is 18.5. The zero-order valence-electron chi connectivity index (χ0n) is 19.0. The number of rotatable bonds is 4. The first kappa shape index (κ1) is 22.6. The number of carbonyl (C=O) groups excluding carboxylic acids is 1. The summed E-state index contributed by atoms with van der Waals surface area (Å²) >= 11 is 0. The molecule has 3 heterocycles. The molecule has 5 rings (SSSR count). The van der Waals surface area contributed by atoms with E-state index < -0.39 is 0 Å². The van der Waals surface area contributed by atoms with Gasteiger partial charge in [-0.25, -0.2) is 0 Å². The second kappa shape index (κ2) is 8.75. The minimum absolute atomic E-state index is 0. The van der Waals surface area contributed by atoms with E-state index in [1.807, 2.05) is 25.2 Å². The van der Waals surface area contributed by atoms with Gasteiger partial charge in [-0.1, -0.05) is 43.3 Å². The van der Waals surface area contributed by atoms with Crippen LogP contribution in [0.25, 0.3) is 11.0 Å². The van der Waals surface area contributed by atoms with E-state index in [9.17, 15) is 4.79 Å². The van der Waals surface area contributed by atoms with E-state index in [1.54, 1.807) is 4.90 Å². The van der Waals surface area contributed by atoms with Gasteiger partial charge in [0.2, 0.25) is 5.91 Å². The fraction of sp³-hybridized carbons (Fsp3) is 0.440. The topological polar surface area (TPSA) is 52.8 Å². The van der Waals surface area contributed by atoms with Crippen LogP contribution in [0.1, 0.15) is 31.4 Å². The molecule has 2 aromatic carbocycles. The van der Waals surface area contributed by atoms with Gasteiger partial charge in [0.15, 0.2) is 11.4 Å². The number of nitrogens with zero attached hydrogens (tertiary/aromatic N) is 4. The summed E-state index contributed by atoms with van der Waals surface area (Å²) in [5, 5.41) is 5.40. The van der Waals surface area contributed by atoms with Crippen molar-refractivity contribution < 1.29 is 9.32 Å². The molecule has 1 amide bonds. The number of halogens is 1. The van der Waals surface area contributed by atoms with Crippen molar-refractivity contribution in [3.05, 3.63) is 53.6 Å². The summed E-state index contributed by atoms with van der Waals surface area (Å²) < 4.78 is 5.48. The van der Waals surface area contributed by atoms with Crippen LogP contribution in [-0.2, 0) is 16.6 Å². The van der Waals surface area contributed by atoms with Crippen LogP contribution in [0.5, 0.6) is 0 Å². The summed E-state index contributed by atoms with van der Waals surface area (Å²) in [6.07, 6.45) is 1.59. The summed E-state index contributed by atoms with van der Waals surface area (Å²) in [5.74, 6) is 1.16. The molecule has 0 saturated carbocycles. The van der Waals surface area contributed by atoms with Crippen LogP contribution in [0.2, 0.25) is 0 Å². The maximum absolute atomic E-state index is 12.3. The number of hydrogen-bond acceptors (Lipinski definition) is 5. The van der Waals surface area contributed by atoms with Crippen LogP contribution in [0.3, 0.4) is 0 Å². The molecule has 0 N–H and O–H groups in total. The van der Waals surface area contributed by atoms with Gasteiger partial charge in [-0.3, -0.25) is 9.69 Å². The van der Waals surface area contributed by atoms with Crippen molar-refractivity contribution >= 4 is 40.8 Å². The van der Waals surface area contributed by atoms with Gasteiger partial charge >= 0.3 is 0 Å². The molecule has 1 fully saturated rings. The molecule has 3 aromatic rings. The lowest BCUT2D eigenvalue weighted by atomic mass is 9.76. The standard InChI is InChI=1S/C25H30N4O2.ClH/c1-25(2)17-23(30)27(3)21-9-8-18(16-20(21)25)10-11-28-12-14-29(15-13-28)24-19-6-4-5-7-22(19)31-26-24;/h4-9,16H,10-15,17H2,1-3H3;1H. The van der Waals surface area contributed by atoms with Crippen LogP contribution >= 0.6 is 12.4 Å². The third-order valence-electron chi connectivity index (χ3n) is 6.87. The van der Waals surface area contributed by atoms with E-state index in [1.165, 1.54) is 11.1 Å². The van der Waals surface area contributed by atoms with Gasteiger partial charge in [-0.15, -0.1) is 12.4 Å². The molecule has 1 saturated heterocycles. The first-order chi connectivity index (χ1) is 14.9. The Morgan fingerprint density at radius 1 is 1.06 bits per heavy atom. The summed E-state index contributed by atoms with van der Waals surface area (Å²) in [6.45, 7) is 9.35. The lowest BCUT2D eigenvalue weighted by Crippen LogP contribution is -2.47. The van der Waals surface area contributed by atoms with Gasteiger partial charge < -0.3 is 14.3 Å². The van der Waals surface area contributed by atoms with Crippen molar-refractivity contribution in [2.45, 2.75) is 32.1 Å². The summed E-state index contributed by atoms with van der Waals surface area (Å²) in [4.78, 5) is 18.9. The highest BCUT2D eigenvalue weighted by Gasteiger charge is 2.35. The number of piperazine rings is 1. The Hall–Kier alpha value is -2.57. The fourth-order valence-electron chi connectivity index (χ4n) is 4.87. The van der Waals surface area contributed by atoms with E-state index in [4.69, 9.17) is 4.52 Å². The zero-order chi connectivity index (χ0) is 21.6. The highest BCUT2D eigenvalue weighted by Crippen LogP contribution is 2.40. The number of carbonyl (C=O) groups is 1. The fourth-order valence-corrected chi connectivity index (χ4v) is 4.87. The molecule has 0 aliphatic carbocycles. The smallest absolute Gasteiger partial charge is 0.227 e. The van der Waals surface area contributed by atoms with Gasteiger partial charge in [0, 0.05) is 57.3 Å². The average Bonchev–Trinajstić information content (AvgIpc) is 3.20. The van der Waals surface area contributed by atoms with Crippen molar-refractivity contribution in [2.24, 2.45) is 0 Å². The Morgan fingerprint density at radius 3 is 2.59 bits per heavy atom. The van der Waals surface area contributed by atoms with Gasteiger partial charge in [0.1, 0.15) is 0 Å². The van der Waals surface area contributed by atoms with E-state index in [-0.39, 0.29) is 23.7 Å². The predicted octanol–water partition coefficient (Wildman–Crippen LogP) is 4.26. The van der Waals surface area contributed by atoms with E-state index in [0.29, 0.717) is 6.42 Å². The van der Waals surface area contributed by atoms with E-state index in [2.05, 4.69) is 53.1 Å². The minimum atomic E-state index is -0.110. The molecule has 0 atom stereocenters. The number of anilines is 2. The molecule has 0 unspecified atom stereocenters. The molecule has 0 radical (unpaired) electrons. The second-order valence-corrected chi connectivity index (χ2v) is 9.45. The van der Waals surface area contributed by atoms with Gasteiger partial charge in [0.05, 0.1) is 5.39 Å². The molecule has 0 bridgehead atoms. The maximum Gasteiger partial charge on any atom is 0.227 e. The van der Waals surface area contributed by atoms with Crippen LogP contribution in [-0.4, -0.2) is 55.7 Å². The quantitative estimate of drug-likeness (QED) is 0.589. The Bertz CT molecular complexity index is 1120. The SMILES string of the molecule is CN1C(=O)CC(C)(C)c2cc(CCN3CCN(c4noc5ccccc45)CC3)ccc21.Cl. The van der Waals surface area contributed by atoms with Gasteiger partial charge in [0.25, 0.3) is 0 Å². The van der Waals surface area contributed by atoms with Crippen molar-refractivity contribution in [2.75, 3.05) is 49.6 Å². The van der Waals surface area contributed by atoms with E-state index in [0.717, 1.165) is 61.6 Å². The van der Waals surface area contributed by atoms with Crippen molar-refractivity contribution in [3.8, 4) is 0 Å². The molecule has 7 heteroatoms. The van der Waals surface area contributed by atoms with Crippen molar-refractivity contribution in [3.63, 3.8) is 0 Å². The highest BCUT2D eigenvalue weighted by atomic mass is 35.5.